The van der Waals surface area contributed by atoms with Gasteiger partial charge >= 0.3 is 0 Å². The summed E-state index contributed by atoms with van der Waals surface area (Å²) in [7, 11) is 0. The molecular weight excluding hydrogens is 335 g/mol. The number of nitrogens with zero attached hydrogens (tertiary/aromatic N) is 1. The average molecular weight is 356 g/mol. The molecule has 2 aromatic carbocycles. The van der Waals surface area contributed by atoms with Crippen LogP contribution >= 0.6 is 0 Å². The van der Waals surface area contributed by atoms with Crippen molar-refractivity contribution in [2.75, 3.05) is 18.7 Å². The van der Waals surface area contributed by atoms with Gasteiger partial charge in [0, 0.05) is 42.9 Å². The topological polar surface area (TPSA) is 50.8 Å². The molecule has 1 amide bonds. The van der Waals surface area contributed by atoms with Crippen LogP contribution in [0.15, 0.2) is 42.5 Å². The molecule has 1 fully saturated rings. The van der Waals surface area contributed by atoms with Gasteiger partial charge in [0.15, 0.2) is 11.5 Å². The van der Waals surface area contributed by atoms with E-state index in [2.05, 4.69) is 10.2 Å². The van der Waals surface area contributed by atoms with Crippen molar-refractivity contribution in [2.45, 2.75) is 31.8 Å². The number of fused-ring (bicyclic) bond motifs is 1. The van der Waals surface area contributed by atoms with Crippen molar-refractivity contribution in [3.8, 4) is 11.5 Å². The third-order valence-corrected chi connectivity index (χ3v) is 4.68. The third kappa shape index (κ3) is 3.96. The number of carbonyl (C=O) groups excluding carboxylic acids is 1. The molecule has 0 aromatic heterocycles. The van der Waals surface area contributed by atoms with E-state index in [1.165, 1.54) is 6.07 Å². The molecule has 2 aliphatic rings. The summed E-state index contributed by atoms with van der Waals surface area (Å²) in [4.78, 5) is 14.5. The van der Waals surface area contributed by atoms with Crippen LogP contribution in [0.3, 0.4) is 0 Å². The van der Waals surface area contributed by atoms with Crippen LogP contribution in [0.1, 0.15) is 24.8 Å². The monoisotopic (exact) mass is 356 g/mol. The molecule has 0 spiro atoms. The lowest BCUT2D eigenvalue weighted by Crippen LogP contribution is -2.30. The number of ether oxygens (including phenoxy) is 2. The van der Waals surface area contributed by atoms with Crippen LogP contribution in [-0.4, -0.2) is 30.2 Å². The first-order valence-corrected chi connectivity index (χ1v) is 8.86. The van der Waals surface area contributed by atoms with Crippen molar-refractivity contribution in [3.63, 3.8) is 0 Å². The molecular formula is C20H21FN2O3. The van der Waals surface area contributed by atoms with Gasteiger partial charge in [0.2, 0.25) is 12.7 Å². The molecule has 136 valence electrons. The van der Waals surface area contributed by atoms with E-state index in [9.17, 15) is 9.18 Å². The summed E-state index contributed by atoms with van der Waals surface area (Å²) in [6, 6.07) is 12.6. The van der Waals surface area contributed by atoms with Crippen LogP contribution in [-0.2, 0) is 11.3 Å². The minimum atomic E-state index is -0.192. The Balaban J connectivity index is 1.33. The largest absolute Gasteiger partial charge is 0.454 e. The standard InChI is InChI=1S/C20H21FN2O3/c21-17-4-2-1-3-14(17)12-23(16-6-7-16)10-9-20(24)22-15-5-8-18-19(11-15)26-13-25-18/h1-5,8,11,16H,6-7,9-10,12-13H2,(H,22,24). The lowest BCUT2D eigenvalue weighted by Gasteiger charge is -2.22. The van der Waals surface area contributed by atoms with Crippen molar-refractivity contribution >= 4 is 11.6 Å². The molecule has 1 N–H and O–H groups in total. The lowest BCUT2D eigenvalue weighted by atomic mass is 10.2. The number of rotatable bonds is 7. The highest BCUT2D eigenvalue weighted by molar-refractivity contribution is 5.91. The quantitative estimate of drug-likeness (QED) is 0.824. The number of nitrogens with one attached hydrogen (secondary N) is 1. The molecule has 4 rings (SSSR count). The summed E-state index contributed by atoms with van der Waals surface area (Å²) in [5.41, 5.74) is 1.36. The highest BCUT2D eigenvalue weighted by Gasteiger charge is 2.29. The molecule has 1 saturated carbocycles. The Morgan fingerprint density at radius 1 is 1.15 bits per heavy atom. The average Bonchev–Trinajstić information content (AvgIpc) is 3.37. The Kier molecular flexibility index (Phi) is 4.75. The van der Waals surface area contributed by atoms with E-state index in [1.807, 2.05) is 6.07 Å². The predicted octanol–water partition coefficient (Wildman–Crippen LogP) is 3.55. The van der Waals surface area contributed by atoms with E-state index in [1.54, 1.807) is 30.3 Å². The fourth-order valence-corrected chi connectivity index (χ4v) is 3.12. The number of carbonyl (C=O) groups is 1. The first-order chi connectivity index (χ1) is 12.7. The summed E-state index contributed by atoms with van der Waals surface area (Å²) in [5.74, 6) is 1.07. The molecule has 26 heavy (non-hydrogen) atoms. The molecule has 1 heterocycles. The van der Waals surface area contributed by atoms with Gasteiger partial charge in [0.25, 0.3) is 0 Å². The summed E-state index contributed by atoms with van der Waals surface area (Å²) in [6.45, 7) is 1.35. The Labute approximate surface area is 151 Å². The Morgan fingerprint density at radius 2 is 1.96 bits per heavy atom. The molecule has 2 aromatic rings. The van der Waals surface area contributed by atoms with Gasteiger partial charge in [-0.3, -0.25) is 9.69 Å². The maximum Gasteiger partial charge on any atom is 0.231 e. The minimum absolute atomic E-state index is 0.0666. The smallest absolute Gasteiger partial charge is 0.231 e. The van der Waals surface area contributed by atoms with Gasteiger partial charge in [-0.2, -0.15) is 0 Å². The zero-order valence-electron chi connectivity index (χ0n) is 14.4. The minimum Gasteiger partial charge on any atom is -0.454 e. The van der Waals surface area contributed by atoms with Crippen LogP contribution in [0.2, 0.25) is 0 Å². The van der Waals surface area contributed by atoms with Gasteiger partial charge in [-0.1, -0.05) is 18.2 Å². The van der Waals surface area contributed by atoms with E-state index < -0.39 is 0 Å². The van der Waals surface area contributed by atoms with Crippen LogP contribution in [0, 0.1) is 5.82 Å². The van der Waals surface area contributed by atoms with Crippen LogP contribution < -0.4 is 14.8 Å². The molecule has 5 nitrogen and oxygen atoms in total. The van der Waals surface area contributed by atoms with Crippen LogP contribution in [0.25, 0.3) is 0 Å². The van der Waals surface area contributed by atoms with E-state index in [-0.39, 0.29) is 18.5 Å². The molecule has 6 heteroatoms. The van der Waals surface area contributed by atoms with Crippen molar-refractivity contribution in [2.24, 2.45) is 0 Å². The lowest BCUT2D eigenvalue weighted by molar-refractivity contribution is -0.116. The molecule has 1 aliphatic heterocycles. The zero-order valence-corrected chi connectivity index (χ0v) is 14.4. The van der Waals surface area contributed by atoms with Crippen molar-refractivity contribution in [1.29, 1.82) is 0 Å². The van der Waals surface area contributed by atoms with Crippen LogP contribution in [0.4, 0.5) is 10.1 Å². The number of amides is 1. The highest BCUT2D eigenvalue weighted by Crippen LogP contribution is 2.34. The van der Waals surface area contributed by atoms with Crippen molar-refractivity contribution < 1.29 is 18.7 Å². The van der Waals surface area contributed by atoms with E-state index in [0.717, 1.165) is 12.8 Å². The highest BCUT2D eigenvalue weighted by atomic mass is 19.1. The second-order valence-corrected chi connectivity index (χ2v) is 6.66. The van der Waals surface area contributed by atoms with Crippen molar-refractivity contribution in [3.05, 3.63) is 53.8 Å². The number of anilines is 1. The first kappa shape index (κ1) is 16.8. The van der Waals surface area contributed by atoms with Gasteiger partial charge in [-0.05, 0) is 31.0 Å². The van der Waals surface area contributed by atoms with E-state index in [0.29, 0.717) is 48.3 Å². The Hall–Kier alpha value is -2.60. The normalized spacial score (nSPS) is 15.3. The Morgan fingerprint density at radius 3 is 2.77 bits per heavy atom. The van der Waals surface area contributed by atoms with Gasteiger partial charge in [0.05, 0.1) is 0 Å². The predicted molar refractivity (Wildman–Crippen MR) is 95.6 cm³/mol. The molecule has 0 unspecified atom stereocenters. The number of benzene rings is 2. The second-order valence-electron chi connectivity index (χ2n) is 6.66. The fraction of sp³-hybridized carbons (Fsp3) is 0.350. The molecule has 0 atom stereocenters. The van der Waals surface area contributed by atoms with Gasteiger partial charge in [-0.25, -0.2) is 4.39 Å². The SMILES string of the molecule is O=C(CCN(Cc1ccccc1F)C1CC1)Nc1ccc2c(c1)OCO2. The maximum atomic E-state index is 13.9. The number of halogens is 1. The van der Waals surface area contributed by atoms with Gasteiger partial charge < -0.3 is 14.8 Å². The summed E-state index contributed by atoms with van der Waals surface area (Å²) < 4.78 is 24.5. The van der Waals surface area contributed by atoms with E-state index >= 15 is 0 Å². The molecule has 1 aliphatic carbocycles. The first-order valence-electron chi connectivity index (χ1n) is 8.86. The fourth-order valence-electron chi connectivity index (χ4n) is 3.12. The Bertz CT molecular complexity index is 807. The zero-order chi connectivity index (χ0) is 17.9. The number of hydrogen-bond donors (Lipinski definition) is 1. The van der Waals surface area contributed by atoms with Gasteiger partial charge in [0.1, 0.15) is 5.82 Å². The number of hydrogen-bond acceptors (Lipinski definition) is 4. The molecule has 0 saturated heterocycles. The summed E-state index contributed by atoms with van der Waals surface area (Å²) in [5, 5.41) is 2.89. The van der Waals surface area contributed by atoms with E-state index in [4.69, 9.17) is 9.47 Å². The molecule has 0 bridgehead atoms. The third-order valence-electron chi connectivity index (χ3n) is 4.68. The maximum absolute atomic E-state index is 13.9. The van der Waals surface area contributed by atoms with Crippen LogP contribution in [0.5, 0.6) is 11.5 Å². The second kappa shape index (κ2) is 7.33. The summed E-state index contributed by atoms with van der Waals surface area (Å²) >= 11 is 0. The van der Waals surface area contributed by atoms with Crippen molar-refractivity contribution in [1.82, 2.24) is 4.90 Å². The summed E-state index contributed by atoms with van der Waals surface area (Å²) in [6.07, 6.45) is 2.58. The molecule has 0 radical (unpaired) electrons. The van der Waals surface area contributed by atoms with Gasteiger partial charge in [-0.15, -0.1) is 0 Å².